The van der Waals surface area contributed by atoms with Crippen LogP contribution in [0.25, 0.3) is 0 Å². The summed E-state index contributed by atoms with van der Waals surface area (Å²) in [5.41, 5.74) is 0.299. The van der Waals surface area contributed by atoms with Gasteiger partial charge in [-0.15, -0.1) is 0 Å². The Kier molecular flexibility index (Phi) is 3.91. The summed E-state index contributed by atoms with van der Waals surface area (Å²) in [4.78, 5) is 13.9. The standard InChI is InChI=1S/C15H18F2N2O2/c1-9-15(20)19(7-10-4-5-21-8-10)14(18-9)12-3-2-11(16)6-13(12)17/h2-3,6,9-10,14,18H,4-5,7-8H2,1H3. The monoisotopic (exact) mass is 296 g/mol. The van der Waals surface area contributed by atoms with E-state index in [-0.39, 0.29) is 17.9 Å². The molecule has 1 aromatic carbocycles. The highest BCUT2D eigenvalue weighted by Crippen LogP contribution is 2.29. The predicted octanol–water partition coefficient (Wildman–Crippen LogP) is 1.82. The Hall–Kier alpha value is -1.53. The van der Waals surface area contributed by atoms with E-state index in [4.69, 9.17) is 4.74 Å². The highest BCUT2D eigenvalue weighted by atomic mass is 19.1. The number of amides is 1. The summed E-state index contributed by atoms with van der Waals surface area (Å²) in [7, 11) is 0. The highest BCUT2D eigenvalue weighted by Gasteiger charge is 2.39. The number of halogens is 2. The van der Waals surface area contributed by atoms with Crippen molar-refractivity contribution in [1.82, 2.24) is 10.2 Å². The lowest BCUT2D eigenvalue weighted by Crippen LogP contribution is -2.35. The molecule has 1 N–H and O–H groups in total. The van der Waals surface area contributed by atoms with Crippen molar-refractivity contribution in [3.05, 3.63) is 35.4 Å². The normalized spacial score (nSPS) is 29.4. The van der Waals surface area contributed by atoms with Crippen molar-refractivity contribution in [2.45, 2.75) is 25.6 Å². The third kappa shape index (κ3) is 2.78. The van der Waals surface area contributed by atoms with Gasteiger partial charge in [-0.2, -0.15) is 0 Å². The Balaban J connectivity index is 1.85. The molecule has 6 heteroatoms. The smallest absolute Gasteiger partial charge is 0.241 e. The van der Waals surface area contributed by atoms with Crippen LogP contribution < -0.4 is 5.32 Å². The number of carbonyl (C=O) groups excluding carboxylic acids is 1. The SMILES string of the molecule is CC1NC(c2ccc(F)cc2F)N(CC2CCOC2)C1=O. The topological polar surface area (TPSA) is 41.6 Å². The second-order valence-corrected chi connectivity index (χ2v) is 5.68. The second kappa shape index (κ2) is 5.69. The van der Waals surface area contributed by atoms with E-state index >= 15 is 0 Å². The van der Waals surface area contributed by atoms with Gasteiger partial charge in [-0.1, -0.05) is 0 Å². The van der Waals surface area contributed by atoms with Crippen molar-refractivity contribution in [2.24, 2.45) is 5.92 Å². The zero-order valence-electron chi connectivity index (χ0n) is 11.8. The molecule has 0 aliphatic carbocycles. The Morgan fingerprint density at radius 3 is 2.90 bits per heavy atom. The molecule has 2 heterocycles. The van der Waals surface area contributed by atoms with Crippen LogP contribution in [-0.4, -0.2) is 36.6 Å². The lowest BCUT2D eigenvalue weighted by Gasteiger charge is -2.27. The van der Waals surface area contributed by atoms with Crippen LogP contribution in [0.4, 0.5) is 8.78 Å². The highest BCUT2D eigenvalue weighted by molar-refractivity contribution is 5.84. The molecule has 4 nitrogen and oxygen atoms in total. The summed E-state index contributed by atoms with van der Waals surface area (Å²) < 4.78 is 32.4. The summed E-state index contributed by atoms with van der Waals surface area (Å²) in [6.45, 7) is 3.60. The van der Waals surface area contributed by atoms with Crippen LogP contribution in [0.1, 0.15) is 25.1 Å². The minimum atomic E-state index is -0.637. The lowest BCUT2D eigenvalue weighted by atomic mass is 10.1. The van der Waals surface area contributed by atoms with Crippen LogP contribution >= 0.6 is 0 Å². The molecule has 0 bridgehead atoms. The van der Waals surface area contributed by atoms with Crippen LogP contribution in [0.2, 0.25) is 0 Å². The zero-order valence-corrected chi connectivity index (χ0v) is 11.8. The van der Waals surface area contributed by atoms with Gasteiger partial charge in [-0.25, -0.2) is 8.78 Å². The third-order valence-electron chi connectivity index (χ3n) is 4.11. The molecule has 2 aliphatic heterocycles. The van der Waals surface area contributed by atoms with E-state index in [1.807, 2.05) is 0 Å². The van der Waals surface area contributed by atoms with Gasteiger partial charge in [0.25, 0.3) is 0 Å². The number of benzene rings is 1. The molecule has 1 aromatic rings. The second-order valence-electron chi connectivity index (χ2n) is 5.68. The van der Waals surface area contributed by atoms with Crippen molar-refractivity contribution >= 4 is 5.91 Å². The summed E-state index contributed by atoms with van der Waals surface area (Å²) >= 11 is 0. The van der Waals surface area contributed by atoms with Gasteiger partial charge in [-0.3, -0.25) is 10.1 Å². The maximum atomic E-state index is 14.0. The average Bonchev–Trinajstić information content (AvgIpc) is 3.03. The van der Waals surface area contributed by atoms with Crippen LogP contribution in [0.5, 0.6) is 0 Å². The van der Waals surface area contributed by atoms with Gasteiger partial charge in [-0.05, 0) is 25.5 Å². The van der Waals surface area contributed by atoms with Gasteiger partial charge in [0.05, 0.1) is 12.6 Å². The van der Waals surface area contributed by atoms with E-state index in [0.29, 0.717) is 25.3 Å². The number of ether oxygens (including phenoxy) is 1. The molecular weight excluding hydrogens is 278 g/mol. The fraction of sp³-hybridized carbons (Fsp3) is 0.533. The molecule has 0 spiro atoms. The molecule has 2 saturated heterocycles. The maximum Gasteiger partial charge on any atom is 0.241 e. The molecule has 0 radical (unpaired) electrons. The summed E-state index contributed by atoms with van der Waals surface area (Å²) in [6, 6.07) is 3.08. The first-order chi connectivity index (χ1) is 10.1. The Morgan fingerprint density at radius 1 is 1.43 bits per heavy atom. The number of hydrogen-bond donors (Lipinski definition) is 1. The quantitative estimate of drug-likeness (QED) is 0.925. The van der Waals surface area contributed by atoms with E-state index in [9.17, 15) is 13.6 Å². The van der Waals surface area contributed by atoms with Gasteiger partial charge in [0.15, 0.2) is 0 Å². The fourth-order valence-electron chi connectivity index (χ4n) is 2.96. The Labute approximate surface area is 122 Å². The van der Waals surface area contributed by atoms with Gasteiger partial charge < -0.3 is 9.64 Å². The Morgan fingerprint density at radius 2 is 2.24 bits per heavy atom. The van der Waals surface area contributed by atoms with Crippen molar-refractivity contribution in [3.63, 3.8) is 0 Å². The van der Waals surface area contributed by atoms with Gasteiger partial charge in [0.1, 0.15) is 17.8 Å². The Bertz CT molecular complexity index is 546. The van der Waals surface area contributed by atoms with Crippen molar-refractivity contribution in [2.75, 3.05) is 19.8 Å². The van der Waals surface area contributed by atoms with Crippen molar-refractivity contribution in [3.8, 4) is 0 Å². The molecule has 1 amide bonds. The minimum absolute atomic E-state index is 0.0596. The van der Waals surface area contributed by atoms with E-state index < -0.39 is 17.8 Å². The van der Waals surface area contributed by atoms with E-state index in [1.54, 1.807) is 11.8 Å². The lowest BCUT2D eigenvalue weighted by molar-refractivity contribution is -0.130. The van der Waals surface area contributed by atoms with E-state index in [2.05, 4.69) is 5.32 Å². The number of nitrogens with zero attached hydrogens (tertiary/aromatic N) is 1. The molecule has 3 rings (SSSR count). The fourth-order valence-corrected chi connectivity index (χ4v) is 2.96. The molecule has 3 unspecified atom stereocenters. The molecular formula is C15H18F2N2O2. The molecule has 3 atom stereocenters. The molecule has 2 fully saturated rings. The summed E-state index contributed by atoms with van der Waals surface area (Å²) in [6.07, 6.45) is 0.352. The van der Waals surface area contributed by atoms with Crippen LogP contribution in [0.3, 0.4) is 0 Å². The molecule has 21 heavy (non-hydrogen) atoms. The average molecular weight is 296 g/mol. The van der Waals surface area contributed by atoms with Crippen molar-refractivity contribution in [1.29, 1.82) is 0 Å². The van der Waals surface area contributed by atoms with Gasteiger partial charge >= 0.3 is 0 Å². The predicted molar refractivity (Wildman–Crippen MR) is 72.3 cm³/mol. The first kappa shape index (κ1) is 14.4. The van der Waals surface area contributed by atoms with Crippen LogP contribution in [-0.2, 0) is 9.53 Å². The minimum Gasteiger partial charge on any atom is -0.381 e. The van der Waals surface area contributed by atoms with Crippen molar-refractivity contribution < 1.29 is 18.3 Å². The van der Waals surface area contributed by atoms with E-state index in [0.717, 1.165) is 12.5 Å². The largest absolute Gasteiger partial charge is 0.381 e. The summed E-state index contributed by atoms with van der Waals surface area (Å²) in [5, 5.41) is 3.08. The molecule has 114 valence electrons. The van der Waals surface area contributed by atoms with Crippen LogP contribution in [0, 0.1) is 17.6 Å². The zero-order chi connectivity index (χ0) is 15.0. The number of rotatable bonds is 3. The van der Waals surface area contributed by atoms with Crippen LogP contribution in [0.15, 0.2) is 18.2 Å². The number of nitrogens with one attached hydrogen (secondary N) is 1. The number of carbonyl (C=O) groups is 1. The van der Waals surface area contributed by atoms with Gasteiger partial charge in [0, 0.05) is 30.7 Å². The summed E-state index contributed by atoms with van der Waals surface area (Å²) in [5.74, 6) is -1.05. The van der Waals surface area contributed by atoms with E-state index in [1.165, 1.54) is 12.1 Å². The third-order valence-corrected chi connectivity index (χ3v) is 4.11. The molecule has 2 aliphatic rings. The molecule has 0 aromatic heterocycles. The first-order valence-corrected chi connectivity index (χ1v) is 7.15. The molecule has 0 saturated carbocycles. The first-order valence-electron chi connectivity index (χ1n) is 7.15. The van der Waals surface area contributed by atoms with Gasteiger partial charge in [0.2, 0.25) is 5.91 Å². The maximum absolute atomic E-state index is 14.0. The number of hydrogen-bond acceptors (Lipinski definition) is 3.